The van der Waals surface area contributed by atoms with Gasteiger partial charge in [0.1, 0.15) is 5.82 Å². The van der Waals surface area contributed by atoms with Gasteiger partial charge in [-0.2, -0.15) is 0 Å². The van der Waals surface area contributed by atoms with E-state index >= 15 is 0 Å². The van der Waals surface area contributed by atoms with Crippen molar-refractivity contribution in [3.05, 3.63) is 21.8 Å². The van der Waals surface area contributed by atoms with E-state index in [1.807, 2.05) is 13.1 Å². The molecule has 1 atom stereocenters. The number of rotatable bonds is 2. The quantitative estimate of drug-likeness (QED) is 0.910. The second-order valence-electron chi connectivity index (χ2n) is 4.03. The van der Waals surface area contributed by atoms with E-state index in [2.05, 4.69) is 31.1 Å². The van der Waals surface area contributed by atoms with E-state index in [1.165, 1.54) is 12.8 Å². The molecule has 1 aliphatic heterocycles. The number of likely N-dealkylation sites (N-methyl/N-ethyl adjacent to an activating group) is 1. The topological polar surface area (TPSA) is 28.2 Å². The van der Waals surface area contributed by atoms with Gasteiger partial charge in [0.2, 0.25) is 0 Å². The molecule has 16 heavy (non-hydrogen) atoms. The molecule has 0 bridgehead atoms. The SMILES string of the molecule is CNC1CCCN(c2ncc(Cl)cc2Br)C1. The molecule has 2 heterocycles. The molecule has 1 aliphatic rings. The number of nitrogens with one attached hydrogen (secondary N) is 1. The van der Waals surface area contributed by atoms with Crippen LogP contribution in [0.2, 0.25) is 5.02 Å². The summed E-state index contributed by atoms with van der Waals surface area (Å²) in [5, 5.41) is 3.99. The van der Waals surface area contributed by atoms with Crippen molar-refractivity contribution in [1.29, 1.82) is 0 Å². The minimum atomic E-state index is 0.554. The van der Waals surface area contributed by atoms with Gasteiger partial charge in [0, 0.05) is 25.3 Å². The molecule has 88 valence electrons. The summed E-state index contributed by atoms with van der Waals surface area (Å²) in [6.45, 7) is 2.06. The van der Waals surface area contributed by atoms with E-state index in [9.17, 15) is 0 Å². The first kappa shape index (κ1) is 12.1. The van der Waals surface area contributed by atoms with Gasteiger partial charge in [0.25, 0.3) is 0 Å². The van der Waals surface area contributed by atoms with Crippen LogP contribution in [0.3, 0.4) is 0 Å². The summed E-state index contributed by atoms with van der Waals surface area (Å²) in [4.78, 5) is 6.69. The second-order valence-corrected chi connectivity index (χ2v) is 5.32. The lowest BCUT2D eigenvalue weighted by atomic mass is 10.1. The number of halogens is 2. The molecular formula is C11H15BrClN3. The lowest BCUT2D eigenvalue weighted by molar-refractivity contribution is 0.447. The molecule has 0 radical (unpaired) electrons. The summed E-state index contributed by atoms with van der Waals surface area (Å²) in [5.74, 6) is 0.990. The Kier molecular flexibility index (Phi) is 4.05. The molecule has 0 amide bonds. The van der Waals surface area contributed by atoms with E-state index in [0.717, 1.165) is 23.4 Å². The fourth-order valence-electron chi connectivity index (χ4n) is 2.05. The maximum atomic E-state index is 5.89. The smallest absolute Gasteiger partial charge is 0.143 e. The fourth-order valence-corrected chi connectivity index (χ4v) is 2.93. The van der Waals surface area contributed by atoms with Crippen molar-refractivity contribution in [2.24, 2.45) is 0 Å². The zero-order chi connectivity index (χ0) is 11.5. The highest BCUT2D eigenvalue weighted by atomic mass is 79.9. The van der Waals surface area contributed by atoms with E-state index in [-0.39, 0.29) is 0 Å². The number of anilines is 1. The Morgan fingerprint density at radius 2 is 2.44 bits per heavy atom. The van der Waals surface area contributed by atoms with Crippen LogP contribution >= 0.6 is 27.5 Å². The molecule has 0 aliphatic carbocycles. The maximum absolute atomic E-state index is 5.89. The largest absolute Gasteiger partial charge is 0.354 e. The molecule has 1 fully saturated rings. The number of hydrogen-bond acceptors (Lipinski definition) is 3. The Bertz CT molecular complexity index is 372. The average Bonchev–Trinajstić information content (AvgIpc) is 2.29. The Morgan fingerprint density at radius 3 is 3.12 bits per heavy atom. The highest BCUT2D eigenvalue weighted by Gasteiger charge is 2.21. The Morgan fingerprint density at radius 1 is 1.62 bits per heavy atom. The zero-order valence-electron chi connectivity index (χ0n) is 9.21. The predicted octanol–water partition coefficient (Wildman–Crippen LogP) is 2.69. The first-order valence-corrected chi connectivity index (χ1v) is 6.61. The van der Waals surface area contributed by atoms with Crippen LogP contribution in [0.1, 0.15) is 12.8 Å². The van der Waals surface area contributed by atoms with Crippen LogP contribution in [0, 0.1) is 0 Å². The minimum absolute atomic E-state index is 0.554. The highest BCUT2D eigenvalue weighted by molar-refractivity contribution is 9.10. The number of pyridine rings is 1. The van der Waals surface area contributed by atoms with Gasteiger partial charge in [0.05, 0.1) is 9.50 Å². The summed E-state index contributed by atoms with van der Waals surface area (Å²) in [5.41, 5.74) is 0. The Labute approximate surface area is 109 Å². The van der Waals surface area contributed by atoms with Crippen molar-refractivity contribution in [1.82, 2.24) is 10.3 Å². The third kappa shape index (κ3) is 2.67. The third-order valence-electron chi connectivity index (χ3n) is 2.92. The molecule has 3 nitrogen and oxygen atoms in total. The van der Waals surface area contributed by atoms with Crippen LogP contribution in [0.25, 0.3) is 0 Å². The highest BCUT2D eigenvalue weighted by Crippen LogP contribution is 2.28. The van der Waals surface area contributed by atoms with Crippen molar-refractivity contribution < 1.29 is 0 Å². The Balaban J connectivity index is 2.16. The van der Waals surface area contributed by atoms with Gasteiger partial charge in [-0.25, -0.2) is 4.98 Å². The maximum Gasteiger partial charge on any atom is 0.143 e. The summed E-state index contributed by atoms with van der Waals surface area (Å²) in [7, 11) is 2.01. The fraction of sp³-hybridized carbons (Fsp3) is 0.545. The first-order valence-electron chi connectivity index (χ1n) is 5.44. The number of aromatic nitrogens is 1. The van der Waals surface area contributed by atoms with E-state index in [4.69, 9.17) is 11.6 Å². The lowest BCUT2D eigenvalue weighted by Gasteiger charge is -2.33. The van der Waals surface area contributed by atoms with E-state index in [1.54, 1.807) is 6.20 Å². The van der Waals surface area contributed by atoms with E-state index in [0.29, 0.717) is 11.1 Å². The van der Waals surface area contributed by atoms with Gasteiger partial charge < -0.3 is 10.2 Å². The van der Waals surface area contributed by atoms with Crippen LogP contribution < -0.4 is 10.2 Å². The van der Waals surface area contributed by atoms with Crippen molar-refractivity contribution in [3.8, 4) is 0 Å². The standard InChI is InChI=1S/C11H15BrClN3/c1-14-9-3-2-4-16(7-9)11-10(12)5-8(13)6-15-11/h5-6,9,14H,2-4,7H2,1H3. The summed E-state index contributed by atoms with van der Waals surface area (Å²) in [6, 6.07) is 2.45. The molecule has 0 aromatic carbocycles. The molecule has 5 heteroatoms. The van der Waals surface area contributed by atoms with Crippen LogP contribution in [0.5, 0.6) is 0 Å². The molecule has 1 saturated heterocycles. The second kappa shape index (κ2) is 5.34. The number of nitrogens with zero attached hydrogens (tertiary/aromatic N) is 2. The molecule has 0 spiro atoms. The molecule has 1 aromatic heterocycles. The van der Waals surface area contributed by atoms with Crippen molar-refractivity contribution in [2.75, 3.05) is 25.0 Å². The third-order valence-corrected chi connectivity index (χ3v) is 3.71. The monoisotopic (exact) mass is 303 g/mol. The number of hydrogen-bond donors (Lipinski definition) is 1. The van der Waals surface area contributed by atoms with Crippen LogP contribution in [-0.4, -0.2) is 31.2 Å². The van der Waals surface area contributed by atoms with Crippen molar-refractivity contribution in [3.63, 3.8) is 0 Å². The average molecular weight is 305 g/mol. The predicted molar refractivity (Wildman–Crippen MR) is 71.2 cm³/mol. The Hall–Kier alpha value is -0.320. The normalized spacial score (nSPS) is 21.2. The molecule has 2 rings (SSSR count). The molecule has 1 N–H and O–H groups in total. The molecule has 0 saturated carbocycles. The number of piperidine rings is 1. The van der Waals surface area contributed by atoms with Gasteiger partial charge >= 0.3 is 0 Å². The van der Waals surface area contributed by atoms with Crippen LogP contribution in [-0.2, 0) is 0 Å². The lowest BCUT2D eigenvalue weighted by Crippen LogP contribution is -2.44. The van der Waals surface area contributed by atoms with Gasteiger partial charge in [-0.1, -0.05) is 11.6 Å². The minimum Gasteiger partial charge on any atom is -0.354 e. The molecule has 1 aromatic rings. The molecular weight excluding hydrogens is 289 g/mol. The summed E-state index contributed by atoms with van der Waals surface area (Å²) >= 11 is 9.40. The van der Waals surface area contributed by atoms with Crippen LogP contribution in [0.4, 0.5) is 5.82 Å². The van der Waals surface area contributed by atoms with Crippen molar-refractivity contribution in [2.45, 2.75) is 18.9 Å². The van der Waals surface area contributed by atoms with E-state index < -0.39 is 0 Å². The van der Waals surface area contributed by atoms with Crippen molar-refractivity contribution >= 4 is 33.3 Å². The van der Waals surface area contributed by atoms with Gasteiger partial charge in [-0.15, -0.1) is 0 Å². The van der Waals surface area contributed by atoms with Gasteiger partial charge in [0.15, 0.2) is 0 Å². The first-order chi connectivity index (χ1) is 7.70. The summed E-state index contributed by atoms with van der Waals surface area (Å²) in [6.07, 6.45) is 4.13. The van der Waals surface area contributed by atoms with Crippen LogP contribution in [0.15, 0.2) is 16.7 Å². The summed E-state index contributed by atoms with van der Waals surface area (Å²) < 4.78 is 0.969. The van der Waals surface area contributed by atoms with Gasteiger partial charge in [-0.3, -0.25) is 0 Å². The van der Waals surface area contributed by atoms with Gasteiger partial charge in [-0.05, 0) is 41.9 Å². The zero-order valence-corrected chi connectivity index (χ0v) is 11.6. The molecule has 1 unspecified atom stereocenters.